The fourth-order valence-corrected chi connectivity index (χ4v) is 2.90. The number of hydrogen-bond acceptors (Lipinski definition) is 6. The lowest BCUT2D eigenvalue weighted by atomic mass is 10.1. The van der Waals surface area contributed by atoms with E-state index in [4.69, 9.17) is 14.2 Å². The van der Waals surface area contributed by atoms with E-state index in [-0.39, 0.29) is 18.3 Å². The maximum absolute atomic E-state index is 12.3. The minimum atomic E-state index is -0.485. The highest BCUT2D eigenvalue weighted by Crippen LogP contribution is 2.28. The molecule has 0 saturated carbocycles. The van der Waals surface area contributed by atoms with E-state index in [9.17, 15) is 9.59 Å². The van der Waals surface area contributed by atoms with Crippen LogP contribution in [0.15, 0.2) is 71.8 Å². The van der Waals surface area contributed by atoms with Gasteiger partial charge in [-0.3, -0.25) is 4.79 Å². The SMILES string of the molecule is COc1cc(/C=N/NC(=O)COc2ccc(C)cc2C)ccc1OC(=O)c1ccccc1. The lowest BCUT2D eigenvalue weighted by Crippen LogP contribution is -2.24. The predicted octanol–water partition coefficient (Wildman–Crippen LogP) is 4.06. The molecule has 0 saturated heterocycles. The van der Waals surface area contributed by atoms with Crippen LogP contribution < -0.4 is 19.6 Å². The minimum Gasteiger partial charge on any atom is -0.493 e. The van der Waals surface area contributed by atoms with Crippen LogP contribution in [0.3, 0.4) is 0 Å². The third kappa shape index (κ3) is 6.18. The maximum atomic E-state index is 12.3. The average molecular weight is 432 g/mol. The summed E-state index contributed by atoms with van der Waals surface area (Å²) in [5.74, 6) is 0.426. The number of rotatable bonds is 8. The molecule has 3 aromatic rings. The van der Waals surface area contributed by atoms with Gasteiger partial charge < -0.3 is 14.2 Å². The van der Waals surface area contributed by atoms with E-state index in [1.165, 1.54) is 13.3 Å². The molecule has 3 rings (SSSR count). The molecule has 0 aliphatic heterocycles. The molecular formula is C25H24N2O5. The summed E-state index contributed by atoms with van der Waals surface area (Å²) in [4.78, 5) is 24.2. The monoisotopic (exact) mass is 432 g/mol. The van der Waals surface area contributed by atoms with Crippen molar-refractivity contribution < 1.29 is 23.8 Å². The smallest absolute Gasteiger partial charge is 0.343 e. The zero-order valence-corrected chi connectivity index (χ0v) is 18.1. The third-order valence-electron chi connectivity index (χ3n) is 4.49. The van der Waals surface area contributed by atoms with Gasteiger partial charge in [0.25, 0.3) is 5.91 Å². The number of hydrogen-bond donors (Lipinski definition) is 1. The van der Waals surface area contributed by atoms with Crippen molar-refractivity contribution in [1.29, 1.82) is 0 Å². The van der Waals surface area contributed by atoms with Gasteiger partial charge in [-0.2, -0.15) is 5.10 Å². The Morgan fingerprint density at radius 3 is 2.41 bits per heavy atom. The zero-order valence-electron chi connectivity index (χ0n) is 18.1. The molecule has 0 radical (unpaired) electrons. The topological polar surface area (TPSA) is 86.2 Å². The second-order valence-corrected chi connectivity index (χ2v) is 7.02. The largest absolute Gasteiger partial charge is 0.493 e. The summed E-state index contributed by atoms with van der Waals surface area (Å²) in [6.45, 7) is 3.76. The van der Waals surface area contributed by atoms with Crippen LogP contribution in [0.2, 0.25) is 0 Å². The van der Waals surface area contributed by atoms with E-state index in [0.29, 0.717) is 22.6 Å². The van der Waals surface area contributed by atoms with Crippen LogP contribution in [-0.2, 0) is 4.79 Å². The van der Waals surface area contributed by atoms with Crippen molar-refractivity contribution >= 4 is 18.1 Å². The van der Waals surface area contributed by atoms with Crippen molar-refractivity contribution in [3.63, 3.8) is 0 Å². The van der Waals surface area contributed by atoms with E-state index < -0.39 is 5.97 Å². The molecule has 0 spiro atoms. The van der Waals surface area contributed by atoms with Gasteiger partial charge in [-0.05, 0) is 61.4 Å². The van der Waals surface area contributed by atoms with Crippen molar-refractivity contribution in [2.45, 2.75) is 13.8 Å². The number of nitrogens with one attached hydrogen (secondary N) is 1. The molecule has 0 unspecified atom stereocenters. The maximum Gasteiger partial charge on any atom is 0.343 e. The molecule has 3 aromatic carbocycles. The van der Waals surface area contributed by atoms with Crippen LogP contribution in [-0.4, -0.2) is 31.8 Å². The summed E-state index contributed by atoms with van der Waals surface area (Å²) < 4.78 is 16.3. The van der Waals surface area contributed by atoms with Gasteiger partial charge in [-0.25, -0.2) is 10.2 Å². The number of hydrazone groups is 1. The molecule has 0 fully saturated rings. The van der Waals surface area contributed by atoms with Crippen molar-refractivity contribution in [2.24, 2.45) is 5.10 Å². The Kier molecular flexibility index (Phi) is 7.59. The molecule has 7 heteroatoms. The zero-order chi connectivity index (χ0) is 22.9. The number of carbonyl (C=O) groups is 2. The van der Waals surface area contributed by atoms with Gasteiger partial charge in [0.15, 0.2) is 18.1 Å². The van der Waals surface area contributed by atoms with Crippen LogP contribution in [0, 0.1) is 13.8 Å². The second-order valence-electron chi connectivity index (χ2n) is 7.02. The quantitative estimate of drug-likeness (QED) is 0.251. The Labute approximate surface area is 186 Å². The van der Waals surface area contributed by atoms with Gasteiger partial charge in [0.2, 0.25) is 0 Å². The van der Waals surface area contributed by atoms with Gasteiger partial charge in [0.05, 0.1) is 18.9 Å². The van der Waals surface area contributed by atoms with Gasteiger partial charge >= 0.3 is 5.97 Å². The molecular weight excluding hydrogens is 408 g/mol. The first kappa shape index (κ1) is 22.6. The number of nitrogens with zero attached hydrogens (tertiary/aromatic N) is 1. The molecule has 0 aliphatic carbocycles. The molecule has 7 nitrogen and oxygen atoms in total. The average Bonchev–Trinajstić information content (AvgIpc) is 2.80. The number of methoxy groups -OCH3 is 1. The Bertz CT molecular complexity index is 1130. The number of esters is 1. The standard InChI is InChI=1S/C25H24N2O5/c1-17-9-11-21(18(2)13-17)31-16-24(28)27-26-15-19-10-12-22(23(14-19)30-3)32-25(29)20-7-5-4-6-8-20/h4-15H,16H2,1-3H3,(H,27,28)/b26-15+. The summed E-state index contributed by atoms with van der Waals surface area (Å²) >= 11 is 0. The summed E-state index contributed by atoms with van der Waals surface area (Å²) in [6, 6.07) is 19.4. The summed E-state index contributed by atoms with van der Waals surface area (Å²) in [5, 5.41) is 3.94. The molecule has 164 valence electrons. The summed E-state index contributed by atoms with van der Waals surface area (Å²) in [7, 11) is 1.47. The number of amides is 1. The second kappa shape index (κ2) is 10.8. The highest BCUT2D eigenvalue weighted by molar-refractivity contribution is 5.91. The van der Waals surface area contributed by atoms with Gasteiger partial charge in [0, 0.05) is 0 Å². The highest BCUT2D eigenvalue weighted by Gasteiger charge is 2.12. The van der Waals surface area contributed by atoms with E-state index in [1.807, 2.05) is 38.1 Å². The van der Waals surface area contributed by atoms with Crippen molar-refractivity contribution in [3.05, 3.63) is 89.0 Å². The summed E-state index contributed by atoms with van der Waals surface area (Å²) in [6.07, 6.45) is 1.46. The Balaban J connectivity index is 1.56. The Morgan fingerprint density at radius 1 is 0.938 bits per heavy atom. The summed E-state index contributed by atoms with van der Waals surface area (Å²) in [5.41, 5.74) is 5.59. The van der Waals surface area contributed by atoms with Gasteiger partial charge in [-0.15, -0.1) is 0 Å². The number of ether oxygens (including phenoxy) is 3. The van der Waals surface area contributed by atoms with E-state index >= 15 is 0 Å². The molecule has 0 bridgehead atoms. The van der Waals surface area contributed by atoms with Crippen molar-refractivity contribution in [2.75, 3.05) is 13.7 Å². The first-order chi connectivity index (χ1) is 15.5. The fraction of sp³-hybridized carbons (Fsp3) is 0.160. The van der Waals surface area contributed by atoms with Crippen molar-refractivity contribution in [3.8, 4) is 17.2 Å². The van der Waals surface area contributed by atoms with Crippen molar-refractivity contribution in [1.82, 2.24) is 5.43 Å². The molecule has 0 heterocycles. The predicted molar refractivity (Wildman–Crippen MR) is 122 cm³/mol. The first-order valence-electron chi connectivity index (χ1n) is 9.93. The molecule has 0 aromatic heterocycles. The number of aryl methyl sites for hydroxylation is 2. The molecule has 0 aliphatic rings. The number of benzene rings is 3. The molecule has 1 N–H and O–H groups in total. The molecule has 32 heavy (non-hydrogen) atoms. The van der Waals surface area contributed by atoms with E-state index in [1.54, 1.807) is 42.5 Å². The van der Waals surface area contributed by atoms with Crippen LogP contribution in [0.1, 0.15) is 27.0 Å². The minimum absolute atomic E-state index is 0.154. The Morgan fingerprint density at radius 2 is 1.69 bits per heavy atom. The normalized spacial score (nSPS) is 10.6. The van der Waals surface area contributed by atoms with Crippen LogP contribution in [0.25, 0.3) is 0 Å². The molecule has 1 amide bonds. The highest BCUT2D eigenvalue weighted by atomic mass is 16.6. The third-order valence-corrected chi connectivity index (χ3v) is 4.49. The van der Waals surface area contributed by atoms with Crippen LogP contribution >= 0.6 is 0 Å². The van der Waals surface area contributed by atoms with Gasteiger partial charge in [0.1, 0.15) is 5.75 Å². The number of carbonyl (C=O) groups excluding carboxylic acids is 2. The first-order valence-corrected chi connectivity index (χ1v) is 9.93. The van der Waals surface area contributed by atoms with E-state index in [0.717, 1.165) is 11.1 Å². The van der Waals surface area contributed by atoms with Crippen LogP contribution in [0.5, 0.6) is 17.2 Å². The van der Waals surface area contributed by atoms with Gasteiger partial charge in [-0.1, -0.05) is 35.9 Å². The van der Waals surface area contributed by atoms with E-state index in [2.05, 4.69) is 10.5 Å². The lowest BCUT2D eigenvalue weighted by molar-refractivity contribution is -0.123. The fourth-order valence-electron chi connectivity index (χ4n) is 2.90. The lowest BCUT2D eigenvalue weighted by Gasteiger charge is -2.10. The van der Waals surface area contributed by atoms with Crippen LogP contribution in [0.4, 0.5) is 0 Å². The Hall–Kier alpha value is -4.13. The molecule has 0 atom stereocenters.